The molecule has 1 aromatic carbocycles. The number of ketones is 1. The van der Waals surface area contributed by atoms with E-state index in [0.29, 0.717) is 5.02 Å². The fraction of sp³-hybridized carbons (Fsp3) is 0.300. The summed E-state index contributed by atoms with van der Waals surface area (Å²) in [7, 11) is 0. The van der Waals surface area contributed by atoms with Crippen molar-refractivity contribution in [3.05, 3.63) is 28.8 Å². The van der Waals surface area contributed by atoms with Crippen molar-refractivity contribution in [3.63, 3.8) is 0 Å². The maximum Gasteiger partial charge on any atom is 0.147 e. The number of hydrogen-bond donors (Lipinski definition) is 0. The molecule has 0 aliphatic heterocycles. The molecule has 0 saturated heterocycles. The second kappa shape index (κ2) is 5.19. The number of alkyl halides is 1. The lowest BCUT2D eigenvalue weighted by atomic mass is 10.1. The molecule has 0 fully saturated rings. The van der Waals surface area contributed by atoms with Crippen molar-refractivity contribution >= 4 is 45.1 Å². The van der Waals surface area contributed by atoms with E-state index < -0.39 is 0 Å². The molecule has 1 atom stereocenters. The lowest BCUT2D eigenvalue weighted by Crippen LogP contribution is -2.01. The van der Waals surface area contributed by atoms with Crippen molar-refractivity contribution in [2.24, 2.45) is 0 Å². The topological polar surface area (TPSA) is 17.1 Å². The van der Waals surface area contributed by atoms with Crippen LogP contribution < -0.4 is 0 Å². The van der Waals surface area contributed by atoms with Gasteiger partial charge in [0.1, 0.15) is 5.78 Å². The number of hydrogen-bond acceptors (Lipinski definition) is 2. The number of benzene rings is 1. The van der Waals surface area contributed by atoms with Gasteiger partial charge in [0.2, 0.25) is 0 Å². The molecule has 0 aromatic heterocycles. The first-order valence-corrected chi connectivity index (χ1v) is 6.56. The summed E-state index contributed by atoms with van der Waals surface area (Å²) in [6.45, 7) is 1.54. The van der Waals surface area contributed by atoms with Gasteiger partial charge in [-0.15, -0.1) is 11.8 Å². The summed E-state index contributed by atoms with van der Waals surface area (Å²) in [5.41, 5.74) is 0.839. The van der Waals surface area contributed by atoms with Gasteiger partial charge in [-0.1, -0.05) is 27.5 Å². The molecule has 0 spiro atoms. The SMILES string of the molecule is CSc1ccc(Cl)c(C(Br)C(C)=O)c1. The lowest BCUT2D eigenvalue weighted by Gasteiger charge is -2.09. The molecule has 0 heterocycles. The molecule has 1 rings (SSSR count). The third-order valence-corrected chi connectivity index (χ3v) is 4.04. The van der Waals surface area contributed by atoms with Crippen LogP contribution in [0.25, 0.3) is 0 Å². The highest BCUT2D eigenvalue weighted by Crippen LogP contribution is 2.32. The summed E-state index contributed by atoms with van der Waals surface area (Å²) in [6.07, 6.45) is 1.99. The van der Waals surface area contributed by atoms with E-state index in [1.807, 2.05) is 24.5 Å². The van der Waals surface area contributed by atoms with Gasteiger partial charge < -0.3 is 0 Å². The molecule has 1 aromatic rings. The number of Topliss-reactive ketones (excluding diaryl/α,β-unsaturated/α-hetero) is 1. The lowest BCUT2D eigenvalue weighted by molar-refractivity contribution is -0.116. The summed E-state index contributed by atoms with van der Waals surface area (Å²) in [6, 6.07) is 5.70. The number of halogens is 2. The van der Waals surface area contributed by atoms with Crippen LogP contribution in [0.15, 0.2) is 23.1 Å². The summed E-state index contributed by atoms with van der Waals surface area (Å²) in [4.78, 5) is 12.0. The van der Waals surface area contributed by atoms with Gasteiger partial charge in [-0.25, -0.2) is 0 Å². The molecule has 4 heteroatoms. The first-order valence-electron chi connectivity index (χ1n) is 4.04. The van der Waals surface area contributed by atoms with Crippen LogP contribution in [0.5, 0.6) is 0 Å². The van der Waals surface area contributed by atoms with E-state index in [0.717, 1.165) is 10.5 Å². The number of carbonyl (C=O) groups is 1. The molecule has 76 valence electrons. The minimum Gasteiger partial charge on any atom is -0.298 e. The fourth-order valence-corrected chi connectivity index (χ4v) is 2.25. The first-order chi connectivity index (χ1) is 6.56. The fourth-order valence-electron chi connectivity index (χ4n) is 1.06. The van der Waals surface area contributed by atoms with Gasteiger partial charge in [0.25, 0.3) is 0 Å². The van der Waals surface area contributed by atoms with Gasteiger partial charge in [-0.2, -0.15) is 0 Å². The van der Waals surface area contributed by atoms with Crippen molar-refractivity contribution in [1.29, 1.82) is 0 Å². The Morgan fingerprint density at radius 2 is 2.21 bits per heavy atom. The van der Waals surface area contributed by atoms with E-state index in [4.69, 9.17) is 11.6 Å². The van der Waals surface area contributed by atoms with Crippen molar-refractivity contribution in [2.45, 2.75) is 16.6 Å². The molecule has 0 N–H and O–H groups in total. The van der Waals surface area contributed by atoms with E-state index >= 15 is 0 Å². The molecule has 0 radical (unpaired) electrons. The van der Waals surface area contributed by atoms with Crippen LogP contribution in [0.3, 0.4) is 0 Å². The zero-order valence-electron chi connectivity index (χ0n) is 7.88. The van der Waals surface area contributed by atoms with Crippen molar-refractivity contribution in [2.75, 3.05) is 6.26 Å². The van der Waals surface area contributed by atoms with Crippen LogP contribution in [-0.4, -0.2) is 12.0 Å². The first kappa shape index (κ1) is 12.1. The minimum absolute atomic E-state index is 0.0603. The predicted molar refractivity (Wildman–Crippen MR) is 65.6 cm³/mol. The third-order valence-electron chi connectivity index (χ3n) is 1.83. The van der Waals surface area contributed by atoms with Gasteiger partial charge in [0.15, 0.2) is 0 Å². The van der Waals surface area contributed by atoms with E-state index in [1.165, 1.54) is 0 Å². The predicted octanol–water partition coefficient (Wildman–Crippen LogP) is 4.09. The van der Waals surface area contributed by atoms with E-state index in [2.05, 4.69) is 15.9 Å². The maximum absolute atomic E-state index is 11.2. The summed E-state index contributed by atoms with van der Waals surface area (Å²) < 4.78 is 0. The highest BCUT2D eigenvalue weighted by atomic mass is 79.9. The average molecular weight is 294 g/mol. The van der Waals surface area contributed by atoms with Gasteiger partial charge in [0.05, 0.1) is 4.83 Å². The smallest absolute Gasteiger partial charge is 0.147 e. The molecule has 0 aliphatic carbocycles. The second-order valence-corrected chi connectivity index (χ2v) is 5.06. The van der Waals surface area contributed by atoms with Crippen LogP contribution in [0.1, 0.15) is 17.3 Å². The Bertz CT molecular complexity index is 354. The highest BCUT2D eigenvalue weighted by molar-refractivity contribution is 9.09. The largest absolute Gasteiger partial charge is 0.298 e. The Morgan fingerprint density at radius 3 is 2.71 bits per heavy atom. The highest BCUT2D eigenvalue weighted by Gasteiger charge is 2.16. The van der Waals surface area contributed by atoms with E-state index in [9.17, 15) is 4.79 Å². The average Bonchev–Trinajstić information content (AvgIpc) is 2.17. The van der Waals surface area contributed by atoms with Crippen LogP contribution >= 0.6 is 39.3 Å². The summed E-state index contributed by atoms with van der Waals surface area (Å²) >= 11 is 11.0. The molecule has 0 aliphatic rings. The zero-order valence-corrected chi connectivity index (χ0v) is 11.0. The molecule has 1 unspecified atom stereocenters. The van der Waals surface area contributed by atoms with Gasteiger partial charge in [-0.05, 0) is 36.9 Å². The molecule has 0 saturated carbocycles. The van der Waals surface area contributed by atoms with Crippen molar-refractivity contribution in [3.8, 4) is 0 Å². The number of thioether (sulfide) groups is 1. The minimum atomic E-state index is -0.304. The number of carbonyl (C=O) groups excluding carboxylic acids is 1. The van der Waals surface area contributed by atoms with Crippen LogP contribution in [0.4, 0.5) is 0 Å². The van der Waals surface area contributed by atoms with Crippen LogP contribution in [0.2, 0.25) is 5.02 Å². The van der Waals surface area contributed by atoms with Gasteiger partial charge in [0, 0.05) is 9.92 Å². The Labute approximate surface area is 101 Å². The van der Waals surface area contributed by atoms with E-state index in [-0.39, 0.29) is 10.6 Å². The molecule has 0 bridgehead atoms. The van der Waals surface area contributed by atoms with Gasteiger partial charge >= 0.3 is 0 Å². The van der Waals surface area contributed by atoms with Crippen LogP contribution in [-0.2, 0) is 4.79 Å². The zero-order chi connectivity index (χ0) is 10.7. The normalized spacial score (nSPS) is 12.6. The van der Waals surface area contributed by atoms with E-state index in [1.54, 1.807) is 18.7 Å². The summed E-state index contributed by atoms with van der Waals surface area (Å²) in [5, 5.41) is 0.625. The monoisotopic (exact) mass is 292 g/mol. The van der Waals surface area contributed by atoms with Crippen molar-refractivity contribution in [1.82, 2.24) is 0 Å². The Hall–Kier alpha value is 0.01000. The standard InChI is InChI=1S/C10H10BrClOS/c1-6(13)10(11)8-5-7(14-2)3-4-9(8)12/h3-5,10H,1-2H3. The van der Waals surface area contributed by atoms with Crippen LogP contribution in [0, 0.1) is 0 Å². The van der Waals surface area contributed by atoms with Gasteiger partial charge in [-0.3, -0.25) is 4.79 Å². The molecule has 14 heavy (non-hydrogen) atoms. The molecular weight excluding hydrogens is 284 g/mol. The Balaban J connectivity index is 3.11. The molecular formula is C10H10BrClOS. The van der Waals surface area contributed by atoms with Crippen molar-refractivity contribution < 1.29 is 4.79 Å². The summed E-state index contributed by atoms with van der Waals surface area (Å²) in [5.74, 6) is 0.0603. The molecule has 1 nitrogen and oxygen atoms in total. The number of rotatable bonds is 3. The quantitative estimate of drug-likeness (QED) is 0.617. The molecule has 0 amide bonds. The third kappa shape index (κ3) is 2.75. The maximum atomic E-state index is 11.2. The second-order valence-electron chi connectivity index (χ2n) is 2.86. The Morgan fingerprint density at radius 1 is 1.57 bits per heavy atom. The Kier molecular flexibility index (Phi) is 4.48.